The molecule has 3 atom stereocenters. The van der Waals surface area contributed by atoms with Crippen molar-refractivity contribution in [1.82, 2.24) is 16.2 Å². The Bertz CT molecular complexity index is 741. The summed E-state index contributed by atoms with van der Waals surface area (Å²) < 4.78 is 5.35. The van der Waals surface area contributed by atoms with Crippen LogP contribution < -0.4 is 16.2 Å². The molecule has 194 valence electrons. The smallest absolute Gasteiger partial charge is 0.306 e. The van der Waals surface area contributed by atoms with Gasteiger partial charge in [0.1, 0.15) is 0 Å². The van der Waals surface area contributed by atoms with E-state index in [2.05, 4.69) is 16.2 Å². The van der Waals surface area contributed by atoms with E-state index < -0.39 is 35.5 Å². The van der Waals surface area contributed by atoms with Gasteiger partial charge in [-0.1, -0.05) is 48.5 Å². The summed E-state index contributed by atoms with van der Waals surface area (Å²) in [6.45, 7) is 14.3. The topological polar surface area (TPSA) is 131 Å². The average Bonchev–Trinajstić information content (AvgIpc) is 2.85. The van der Waals surface area contributed by atoms with Crippen LogP contribution in [0.5, 0.6) is 0 Å². The van der Waals surface area contributed by atoms with Crippen molar-refractivity contribution in [2.75, 3.05) is 13.2 Å². The number of rotatable bonds is 12. The molecular formula is C25H43N3O6. The summed E-state index contributed by atoms with van der Waals surface area (Å²) >= 11 is 0. The van der Waals surface area contributed by atoms with Gasteiger partial charge in [-0.3, -0.25) is 29.4 Å². The minimum atomic E-state index is -0.792. The summed E-state index contributed by atoms with van der Waals surface area (Å²) in [6.07, 6.45) is 1.05. The van der Waals surface area contributed by atoms with Crippen LogP contribution in [-0.4, -0.2) is 48.5 Å². The fraction of sp³-hybridized carbons (Fsp3) is 0.800. The van der Waals surface area contributed by atoms with Gasteiger partial charge in [0.15, 0.2) is 5.78 Å². The highest BCUT2D eigenvalue weighted by molar-refractivity contribution is 6.37. The van der Waals surface area contributed by atoms with Gasteiger partial charge in [0.05, 0.1) is 19.1 Å². The number of nitrogens with one attached hydrogen (secondary N) is 3. The number of carbonyl (C=O) groups excluding carboxylic acids is 5. The lowest BCUT2D eigenvalue weighted by atomic mass is 9.88. The van der Waals surface area contributed by atoms with Crippen molar-refractivity contribution in [3.8, 4) is 0 Å². The van der Waals surface area contributed by atoms with Crippen LogP contribution in [0.2, 0.25) is 0 Å². The SMILES string of the molecule is CC(C)CC(CC(=O)OCC(C)(C)C)C(=O)NC(CC(C)C)C(=O)CC1CCNNC(=O)C1=O. The standard InChI is InChI=1S/C25H43N3O6/c1-15(2)10-18(13-21(30)34-14-25(5,6)7)23(32)27-19(11-16(3)4)20(29)12-17-8-9-26-28-24(33)22(17)31/h15-19,26H,8-14H2,1-7H3,(H,27,32)(H,28,33). The molecule has 3 N–H and O–H groups in total. The van der Waals surface area contributed by atoms with Crippen LogP contribution in [0.25, 0.3) is 0 Å². The monoisotopic (exact) mass is 481 g/mol. The molecule has 1 fully saturated rings. The number of carbonyl (C=O) groups is 5. The minimum Gasteiger partial charge on any atom is -0.465 e. The molecule has 0 aromatic carbocycles. The Morgan fingerprint density at radius 3 is 2.24 bits per heavy atom. The highest BCUT2D eigenvalue weighted by Gasteiger charge is 2.34. The fourth-order valence-electron chi connectivity index (χ4n) is 3.79. The van der Waals surface area contributed by atoms with Crippen LogP contribution in [0.1, 0.15) is 80.6 Å². The highest BCUT2D eigenvalue weighted by Crippen LogP contribution is 2.21. The van der Waals surface area contributed by atoms with Crippen molar-refractivity contribution in [3.05, 3.63) is 0 Å². The molecule has 9 nitrogen and oxygen atoms in total. The molecule has 9 heteroatoms. The molecule has 1 aliphatic heterocycles. The Morgan fingerprint density at radius 1 is 1.06 bits per heavy atom. The maximum atomic E-state index is 13.2. The summed E-state index contributed by atoms with van der Waals surface area (Å²) in [6, 6.07) is -0.792. The molecule has 1 heterocycles. The normalized spacial score (nSPS) is 18.8. The molecule has 1 rings (SSSR count). The third kappa shape index (κ3) is 11.2. The van der Waals surface area contributed by atoms with Gasteiger partial charge in [-0.15, -0.1) is 0 Å². The van der Waals surface area contributed by atoms with Crippen LogP contribution in [-0.2, 0) is 28.7 Å². The zero-order valence-corrected chi connectivity index (χ0v) is 21.8. The Balaban J connectivity index is 2.91. The zero-order chi connectivity index (χ0) is 26.1. The van der Waals surface area contributed by atoms with Gasteiger partial charge < -0.3 is 10.1 Å². The maximum absolute atomic E-state index is 13.2. The molecule has 2 amide bonds. The van der Waals surface area contributed by atoms with E-state index in [9.17, 15) is 24.0 Å². The Labute approximate surface area is 203 Å². The number of ketones is 2. The first-order valence-electron chi connectivity index (χ1n) is 12.2. The van der Waals surface area contributed by atoms with Gasteiger partial charge >= 0.3 is 11.9 Å². The maximum Gasteiger partial charge on any atom is 0.306 e. The van der Waals surface area contributed by atoms with Crippen molar-refractivity contribution in [1.29, 1.82) is 0 Å². The predicted molar refractivity (Wildman–Crippen MR) is 128 cm³/mol. The molecule has 0 bridgehead atoms. The molecule has 0 aromatic heterocycles. The molecular weight excluding hydrogens is 438 g/mol. The lowest BCUT2D eigenvalue weighted by molar-refractivity contribution is -0.149. The molecule has 34 heavy (non-hydrogen) atoms. The lowest BCUT2D eigenvalue weighted by Gasteiger charge is -2.25. The number of hydrogen-bond donors (Lipinski definition) is 3. The minimum absolute atomic E-state index is 0.0599. The second kappa shape index (κ2) is 13.6. The first-order valence-corrected chi connectivity index (χ1v) is 12.2. The van der Waals surface area contributed by atoms with Crippen LogP contribution in [0.3, 0.4) is 0 Å². The second-order valence-corrected chi connectivity index (χ2v) is 11.3. The summed E-state index contributed by atoms with van der Waals surface area (Å²) in [5.74, 6) is -3.55. The fourth-order valence-corrected chi connectivity index (χ4v) is 3.79. The Morgan fingerprint density at radius 2 is 1.68 bits per heavy atom. The molecule has 0 aromatic rings. The van der Waals surface area contributed by atoms with Gasteiger partial charge in [0, 0.05) is 24.8 Å². The quantitative estimate of drug-likeness (QED) is 0.288. The van der Waals surface area contributed by atoms with Gasteiger partial charge in [-0.2, -0.15) is 0 Å². The second-order valence-electron chi connectivity index (χ2n) is 11.3. The zero-order valence-electron chi connectivity index (χ0n) is 21.8. The van der Waals surface area contributed by atoms with E-state index in [0.717, 1.165) is 0 Å². The van der Waals surface area contributed by atoms with Crippen molar-refractivity contribution in [2.45, 2.75) is 86.6 Å². The van der Waals surface area contributed by atoms with E-state index in [-0.39, 0.29) is 48.4 Å². The summed E-state index contributed by atoms with van der Waals surface area (Å²) in [5.41, 5.74) is 4.77. The van der Waals surface area contributed by atoms with Gasteiger partial charge in [0.2, 0.25) is 11.7 Å². The molecule has 1 saturated heterocycles. The molecule has 1 aliphatic rings. The van der Waals surface area contributed by atoms with E-state index in [0.29, 0.717) is 25.8 Å². The van der Waals surface area contributed by atoms with E-state index in [1.165, 1.54) is 0 Å². The van der Waals surface area contributed by atoms with Crippen molar-refractivity contribution in [3.63, 3.8) is 0 Å². The number of ether oxygens (including phenoxy) is 1. The van der Waals surface area contributed by atoms with Crippen molar-refractivity contribution < 1.29 is 28.7 Å². The van der Waals surface area contributed by atoms with Gasteiger partial charge in [0.25, 0.3) is 0 Å². The number of hydrogen-bond acceptors (Lipinski definition) is 7. The third-order valence-electron chi connectivity index (χ3n) is 5.48. The molecule has 0 radical (unpaired) electrons. The van der Waals surface area contributed by atoms with E-state index in [1.807, 2.05) is 48.5 Å². The Kier molecular flexibility index (Phi) is 11.9. The number of amides is 2. The average molecular weight is 482 g/mol. The number of esters is 1. The number of Topliss-reactive ketones (excluding diaryl/α,β-unsaturated/α-hetero) is 2. The van der Waals surface area contributed by atoms with Gasteiger partial charge in [-0.25, -0.2) is 5.43 Å². The summed E-state index contributed by atoms with van der Waals surface area (Å²) in [5, 5.41) is 2.84. The summed E-state index contributed by atoms with van der Waals surface area (Å²) in [7, 11) is 0. The van der Waals surface area contributed by atoms with Crippen molar-refractivity contribution >= 4 is 29.4 Å². The first kappa shape index (κ1) is 29.7. The predicted octanol–water partition coefficient (Wildman–Crippen LogP) is 2.33. The van der Waals surface area contributed by atoms with E-state index >= 15 is 0 Å². The molecule has 0 spiro atoms. The van der Waals surface area contributed by atoms with Crippen LogP contribution in [0.15, 0.2) is 0 Å². The number of hydrazine groups is 1. The largest absolute Gasteiger partial charge is 0.465 e. The lowest BCUT2D eigenvalue weighted by Crippen LogP contribution is -2.46. The third-order valence-corrected chi connectivity index (χ3v) is 5.48. The van der Waals surface area contributed by atoms with E-state index in [1.54, 1.807) is 0 Å². The Hall–Kier alpha value is -2.29. The van der Waals surface area contributed by atoms with Gasteiger partial charge in [-0.05, 0) is 36.5 Å². The summed E-state index contributed by atoms with van der Waals surface area (Å²) in [4.78, 5) is 62.8. The molecule has 0 saturated carbocycles. The van der Waals surface area contributed by atoms with E-state index in [4.69, 9.17) is 4.74 Å². The molecule has 0 aliphatic carbocycles. The first-order chi connectivity index (χ1) is 15.7. The van der Waals surface area contributed by atoms with Crippen LogP contribution in [0.4, 0.5) is 0 Å². The van der Waals surface area contributed by atoms with Crippen molar-refractivity contribution in [2.24, 2.45) is 29.1 Å². The van der Waals surface area contributed by atoms with Crippen LogP contribution >= 0.6 is 0 Å². The van der Waals surface area contributed by atoms with Crippen LogP contribution in [0, 0.1) is 29.1 Å². The molecule has 3 unspecified atom stereocenters. The highest BCUT2D eigenvalue weighted by atomic mass is 16.5.